The van der Waals surface area contributed by atoms with Crippen LogP contribution in [0.15, 0.2) is 54.7 Å². The van der Waals surface area contributed by atoms with E-state index in [1.54, 1.807) is 12.1 Å². The number of pyridine rings is 1. The molecule has 0 aliphatic heterocycles. The van der Waals surface area contributed by atoms with E-state index in [-0.39, 0.29) is 5.91 Å². The predicted octanol–water partition coefficient (Wildman–Crippen LogP) is 4.31. The summed E-state index contributed by atoms with van der Waals surface area (Å²) >= 11 is 6.27. The molecule has 0 spiro atoms. The minimum atomic E-state index is -0.330. The number of anilines is 1. The zero-order valence-corrected chi connectivity index (χ0v) is 15.5. The Balaban J connectivity index is 1.72. The number of amides is 1. The number of halogens is 1. The lowest BCUT2D eigenvalue weighted by atomic mass is 10.1. The van der Waals surface area contributed by atoms with Crippen LogP contribution in [0.5, 0.6) is 0 Å². The van der Waals surface area contributed by atoms with Crippen molar-refractivity contribution >= 4 is 29.0 Å². The van der Waals surface area contributed by atoms with Crippen molar-refractivity contribution in [1.82, 2.24) is 19.6 Å². The topological polar surface area (TPSA) is 72.2 Å². The summed E-state index contributed by atoms with van der Waals surface area (Å²) < 4.78 is 1.51. The Morgan fingerprint density at radius 1 is 1.11 bits per heavy atom. The fourth-order valence-electron chi connectivity index (χ4n) is 2.93. The van der Waals surface area contributed by atoms with E-state index in [1.165, 1.54) is 10.7 Å². The van der Waals surface area contributed by atoms with Gasteiger partial charge in [0.25, 0.3) is 5.91 Å². The van der Waals surface area contributed by atoms with Gasteiger partial charge in [-0.3, -0.25) is 4.79 Å². The first-order chi connectivity index (χ1) is 13.0. The number of aryl methyl sites for hydroxylation is 2. The highest BCUT2D eigenvalue weighted by Gasteiger charge is 2.15. The quantitative estimate of drug-likeness (QED) is 0.577. The van der Waals surface area contributed by atoms with Crippen LogP contribution in [0.4, 0.5) is 5.82 Å². The highest BCUT2D eigenvalue weighted by molar-refractivity contribution is 6.33. The Morgan fingerprint density at radius 2 is 1.93 bits per heavy atom. The molecule has 6 nitrogen and oxygen atoms in total. The summed E-state index contributed by atoms with van der Waals surface area (Å²) in [5.41, 5.74) is 4.20. The van der Waals surface area contributed by atoms with Crippen LogP contribution >= 0.6 is 11.6 Å². The molecule has 1 amide bonds. The van der Waals surface area contributed by atoms with Gasteiger partial charge in [0.15, 0.2) is 11.3 Å². The Bertz CT molecular complexity index is 1150. The molecular weight excluding hydrogens is 362 g/mol. The van der Waals surface area contributed by atoms with Gasteiger partial charge in [0, 0.05) is 11.3 Å². The van der Waals surface area contributed by atoms with Crippen LogP contribution < -0.4 is 5.32 Å². The minimum absolute atomic E-state index is 0.319. The molecule has 0 unspecified atom stereocenters. The third-order valence-corrected chi connectivity index (χ3v) is 4.41. The maximum absolute atomic E-state index is 12.7. The van der Waals surface area contributed by atoms with Crippen LogP contribution in [0.3, 0.4) is 0 Å². The summed E-state index contributed by atoms with van der Waals surface area (Å²) in [5, 5.41) is 7.96. The number of hydrogen-bond donors (Lipinski definition) is 1. The lowest BCUT2D eigenvalue weighted by Gasteiger charge is -2.07. The van der Waals surface area contributed by atoms with Gasteiger partial charge in [-0.25, -0.2) is 14.5 Å². The average molecular weight is 378 g/mol. The molecule has 0 radical (unpaired) electrons. The second-order valence-corrected chi connectivity index (χ2v) is 6.64. The SMILES string of the molecule is Cc1cc(C)nc(NC(=O)c2cnc3ccc(-c4ccccc4Cl)nn23)c1. The fourth-order valence-corrected chi connectivity index (χ4v) is 3.16. The predicted molar refractivity (Wildman–Crippen MR) is 105 cm³/mol. The molecule has 3 aromatic heterocycles. The summed E-state index contributed by atoms with van der Waals surface area (Å²) in [6.07, 6.45) is 1.50. The van der Waals surface area contributed by atoms with Crippen LogP contribution in [-0.4, -0.2) is 25.5 Å². The van der Waals surface area contributed by atoms with E-state index in [0.717, 1.165) is 16.8 Å². The second kappa shape index (κ2) is 6.81. The molecule has 0 saturated carbocycles. The van der Waals surface area contributed by atoms with Crippen molar-refractivity contribution in [2.45, 2.75) is 13.8 Å². The van der Waals surface area contributed by atoms with Gasteiger partial charge >= 0.3 is 0 Å². The molecule has 27 heavy (non-hydrogen) atoms. The molecule has 0 fully saturated rings. The van der Waals surface area contributed by atoms with Gasteiger partial charge in [-0.15, -0.1) is 0 Å². The van der Waals surface area contributed by atoms with Gasteiger partial charge in [-0.05, 0) is 49.7 Å². The molecule has 1 aromatic carbocycles. The van der Waals surface area contributed by atoms with Crippen molar-refractivity contribution < 1.29 is 4.79 Å². The third kappa shape index (κ3) is 3.39. The van der Waals surface area contributed by atoms with Crippen LogP contribution in [0.1, 0.15) is 21.7 Å². The maximum atomic E-state index is 12.7. The van der Waals surface area contributed by atoms with Crippen molar-refractivity contribution in [2.24, 2.45) is 0 Å². The van der Waals surface area contributed by atoms with Crippen molar-refractivity contribution in [3.8, 4) is 11.3 Å². The zero-order valence-electron chi connectivity index (χ0n) is 14.8. The van der Waals surface area contributed by atoms with E-state index < -0.39 is 0 Å². The Labute approximate surface area is 160 Å². The van der Waals surface area contributed by atoms with E-state index in [1.807, 2.05) is 50.2 Å². The van der Waals surface area contributed by atoms with Gasteiger partial charge in [0.1, 0.15) is 5.82 Å². The second-order valence-electron chi connectivity index (χ2n) is 6.24. The number of carbonyl (C=O) groups is 1. The molecule has 4 rings (SSSR count). The minimum Gasteiger partial charge on any atom is -0.305 e. The lowest BCUT2D eigenvalue weighted by molar-refractivity contribution is 0.102. The van der Waals surface area contributed by atoms with Crippen molar-refractivity contribution in [1.29, 1.82) is 0 Å². The van der Waals surface area contributed by atoms with E-state index in [0.29, 0.717) is 27.9 Å². The molecule has 1 N–H and O–H groups in total. The number of carbonyl (C=O) groups excluding carboxylic acids is 1. The maximum Gasteiger partial charge on any atom is 0.277 e. The highest BCUT2D eigenvalue weighted by Crippen LogP contribution is 2.26. The first-order valence-corrected chi connectivity index (χ1v) is 8.75. The Kier molecular flexibility index (Phi) is 4.33. The molecular formula is C20H16ClN5O. The van der Waals surface area contributed by atoms with Crippen LogP contribution in [0, 0.1) is 13.8 Å². The molecule has 0 saturated heterocycles. The number of fused-ring (bicyclic) bond motifs is 1. The fraction of sp³-hybridized carbons (Fsp3) is 0.100. The van der Waals surface area contributed by atoms with Crippen LogP contribution in [0.2, 0.25) is 5.02 Å². The monoisotopic (exact) mass is 377 g/mol. The summed E-state index contributed by atoms with van der Waals surface area (Å²) in [7, 11) is 0. The molecule has 134 valence electrons. The van der Waals surface area contributed by atoms with Crippen molar-refractivity contribution in [3.05, 3.63) is 76.7 Å². The van der Waals surface area contributed by atoms with Gasteiger partial charge in [-0.2, -0.15) is 5.10 Å². The van der Waals surface area contributed by atoms with Gasteiger partial charge in [-0.1, -0.05) is 29.8 Å². The summed E-state index contributed by atoms with van der Waals surface area (Å²) in [5.74, 6) is 0.165. The first-order valence-electron chi connectivity index (χ1n) is 8.37. The standard InChI is InChI=1S/C20H16ClN5O/c1-12-9-13(2)23-18(10-12)24-20(27)17-11-22-19-8-7-16(25-26(17)19)14-5-3-4-6-15(14)21/h3-11H,1-2H3,(H,23,24,27). The van der Waals surface area contributed by atoms with E-state index >= 15 is 0 Å². The molecule has 3 heterocycles. The van der Waals surface area contributed by atoms with Crippen LogP contribution in [0.25, 0.3) is 16.9 Å². The average Bonchev–Trinajstić information content (AvgIpc) is 3.04. The first kappa shape index (κ1) is 17.2. The molecule has 0 aliphatic rings. The molecule has 0 bridgehead atoms. The molecule has 0 atom stereocenters. The van der Waals surface area contributed by atoms with Gasteiger partial charge < -0.3 is 5.32 Å². The zero-order chi connectivity index (χ0) is 19.0. The summed E-state index contributed by atoms with van der Waals surface area (Å²) in [4.78, 5) is 21.3. The van der Waals surface area contributed by atoms with Gasteiger partial charge in [0.05, 0.1) is 16.9 Å². The normalized spacial score (nSPS) is 10.9. The Morgan fingerprint density at radius 3 is 2.70 bits per heavy atom. The number of rotatable bonds is 3. The summed E-state index contributed by atoms with van der Waals surface area (Å²) in [6.45, 7) is 3.84. The largest absolute Gasteiger partial charge is 0.305 e. The number of nitrogens with one attached hydrogen (secondary N) is 1. The van der Waals surface area contributed by atoms with E-state index in [2.05, 4.69) is 20.4 Å². The number of imidazole rings is 1. The van der Waals surface area contributed by atoms with Gasteiger partial charge in [0.2, 0.25) is 0 Å². The number of hydrogen-bond acceptors (Lipinski definition) is 4. The smallest absolute Gasteiger partial charge is 0.277 e. The van der Waals surface area contributed by atoms with E-state index in [4.69, 9.17) is 11.6 Å². The van der Waals surface area contributed by atoms with Crippen LogP contribution in [-0.2, 0) is 0 Å². The van der Waals surface area contributed by atoms with Crippen molar-refractivity contribution in [3.63, 3.8) is 0 Å². The third-order valence-electron chi connectivity index (χ3n) is 4.08. The molecule has 7 heteroatoms. The lowest BCUT2D eigenvalue weighted by Crippen LogP contribution is -2.16. The number of benzene rings is 1. The molecule has 0 aliphatic carbocycles. The highest BCUT2D eigenvalue weighted by atomic mass is 35.5. The van der Waals surface area contributed by atoms with E-state index in [9.17, 15) is 4.79 Å². The summed E-state index contributed by atoms with van der Waals surface area (Å²) in [6, 6.07) is 14.8. The molecule has 4 aromatic rings. The Hall–Kier alpha value is -3.25. The number of nitrogens with zero attached hydrogens (tertiary/aromatic N) is 4. The van der Waals surface area contributed by atoms with Crippen molar-refractivity contribution in [2.75, 3.05) is 5.32 Å². The number of aromatic nitrogens is 4.